The van der Waals surface area contributed by atoms with Crippen molar-refractivity contribution >= 4 is 5.97 Å². The van der Waals surface area contributed by atoms with E-state index in [0.717, 1.165) is 11.6 Å². The van der Waals surface area contributed by atoms with Gasteiger partial charge in [-0.2, -0.15) is 0 Å². The fraction of sp³-hybridized carbons (Fsp3) is 0.214. The summed E-state index contributed by atoms with van der Waals surface area (Å²) >= 11 is 0. The maximum absolute atomic E-state index is 12.0. The molecule has 0 saturated carbocycles. The highest BCUT2D eigenvalue weighted by atomic mass is 16.5. The van der Waals surface area contributed by atoms with Crippen molar-refractivity contribution in [2.75, 3.05) is 7.11 Å². The molecule has 0 aliphatic heterocycles. The summed E-state index contributed by atoms with van der Waals surface area (Å²) in [6.07, 6.45) is 1.50. The highest BCUT2D eigenvalue weighted by molar-refractivity contribution is 5.87. The Bertz CT molecular complexity index is 734. The number of ether oxygens (including phenoxy) is 1. The summed E-state index contributed by atoms with van der Waals surface area (Å²) in [5, 5.41) is 9.42. The predicted octanol–water partition coefficient (Wildman–Crippen LogP) is 1.34. The molecule has 0 atom stereocenters. The Morgan fingerprint density at radius 1 is 1.30 bits per heavy atom. The van der Waals surface area contributed by atoms with E-state index in [0.29, 0.717) is 11.4 Å². The quantitative estimate of drug-likeness (QED) is 0.836. The molecule has 0 bridgehead atoms. The molecule has 0 unspecified atom stereocenters. The van der Waals surface area contributed by atoms with Crippen molar-refractivity contribution in [3.05, 3.63) is 51.7 Å². The van der Waals surface area contributed by atoms with Crippen LogP contribution in [0.4, 0.5) is 0 Å². The second kappa shape index (κ2) is 5.16. The molecule has 1 N–H and O–H groups in total. The van der Waals surface area contributed by atoms with Gasteiger partial charge in [-0.1, -0.05) is 0 Å². The van der Waals surface area contributed by atoms with E-state index in [2.05, 4.69) is 9.72 Å². The zero-order chi connectivity index (χ0) is 14.9. The molecule has 0 spiro atoms. The van der Waals surface area contributed by atoms with Crippen LogP contribution in [0.3, 0.4) is 0 Å². The molecule has 104 valence electrons. The molecule has 2 aromatic rings. The molecular formula is C14H14N2O4. The second-order valence-corrected chi connectivity index (χ2v) is 4.38. The SMILES string of the molecule is COC(=O)c1cc(-n2c(C)cc(O)cc2=O)c(C)cn1. The van der Waals surface area contributed by atoms with Gasteiger partial charge in [0.25, 0.3) is 5.56 Å². The van der Waals surface area contributed by atoms with Crippen LogP contribution in [0.2, 0.25) is 0 Å². The standard InChI is InChI=1S/C14H14N2O4/c1-8-7-15-11(14(19)20-3)6-12(8)16-9(2)4-10(17)5-13(16)18/h4-7,17H,1-3H3. The number of hydrogen-bond donors (Lipinski definition) is 1. The van der Waals surface area contributed by atoms with Crippen LogP contribution in [-0.2, 0) is 4.74 Å². The average molecular weight is 274 g/mol. The lowest BCUT2D eigenvalue weighted by Crippen LogP contribution is -2.21. The van der Waals surface area contributed by atoms with Gasteiger partial charge < -0.3 is 9.84 Å². The third-order valence-electron chi connectivity index (χ3n) is 2.91. The Morgan fingerprint density at radius 3 is 2.60 bits per heavy atom. The normalized spacial score (nSPS) is 10.3. The lowest BCUT2D eigenvalue weighted by atomic mass is 10.2. The molecule has 0 saturated heterocycles. The van der Waals surface area contributed by atoms with Gasteiger partial charge in [-0.25, -0.2) is 9.78 Å². The van der Waals surface area contributed by atoms with Gasteiger partial charge in [0.15, 0.2) is 0 Å². The molecule has 2 rings (SSSR count). The zero-order valence-electron chi connectivity index (χ0n) is 11.4. The smallest absolute Gasteiger partial charge is 0.356 e. The minimum absolute atomic E-state index is 0.0938. The number of carbonyl (C=O) groups is 1. The van der Waals surface area contributed by atoms with Crippen LogP contribution < -0.4 is 5.56 Å². The maximum atomic E-state index is 12.0. The van der Waals surface area contributed by atoms with Crippen molar-refractivity contribution in [3.63, 3.8) is 0 Å². The van der Waals surface area contributed by atoms with Crippen molar-refractivity contribution in [1.29, 1.82) is 0 Å². The van der Waals surface area contributed by atoms with E-state index in [1.54, 1.807) is 13.8 Å². The lowest BCUT2D eigenvalue weighted by molar-refractivity contribution is 0.0594. The Hall–Kier alpha value is -2.63. The monoisotopic (exact) mass is 274 g/mol. The van der Waals surface area contributed by atoms with Crippen LogP contribution >= 0.6 is 0 Å². The molecule has 0 aromatic carbocycles. The van der Waals surface area contributed by atoms with Crippen LogP contribution in [0.5, 0.6) is 5.75 Å². The van der Waals surface area contributed by atoms with E-state index in [4.69, 9.17) is 0 Å². The van der Waals surface area contributed by atoms with E-state index in [9.17, 15) is 14.7 Å². The van der Waals surface area contributed by atoms with Crippen LogP contribution in [-0.4, -0.2) is 27.7 Å². The number of methoxy groups -OCH3 is 1. The Labute approximate surface area is 115 Å². The van der Waals surface area contributed by atoms with Crippen molar-refractivity contribution in [2.45, 2.75) is 13.8 Å². The van der Waals surface area contributed by atoms with Gasteiger partial charge in [0.2, 0.25) is 0 Å². The largest absolute Gasteiger partial charge is 0.508 e. The molecule has 2 aromatic heterocycles. The Morgan fingerprint density at radius 2 is 2.00 bits per heavy atom. The Balaban J connectivity index is 2.70. The van der Waals surface area contributed by atoms with Crippen LogP contribution in [0.1, 0.15) is 21.7 Å². The van der Waals surface area contributed by atoms with Crippen LogP contribution in [0.25, 0.3) is 5.69 Å². The molecule has 0 fully saturated rings. The van der Waals surface area contributed by atoms with Gasteiger partial charge >= 0.3 is 5.97 Å². The highest BCUT2D eigenvalue weighted by Crippen LogP contribution is 2.17. The van der Waals surface area contributed by atoms with Gasteiger partial charge in [0.1, 0.15) is 11.4 Å². The first-order chi connectivity index (χ1) is 9.43. The van der Waals surface area contributed by atoms with Crippen LogP contribution in [0, 0.1) is 13.8 Å². The van der Waals surface area contributed by atoms with Gasteiger partial charge in [0, 0.05) is 18.0 Å². The number of esters is 1. The highest BCUT2D eigenvalue weighted by Gasteiger charge is 2.13. The number of aromatic hydroxyl groups is 1. The first-order valence-electron chi connectivity index (χ1n) is 5.92. The van der Waals surface area contributed by atoms with E-state index in [1.165, 1.54) is 30.0 Å². The number of rotatable bonds is 2. The van der Waals surface area contributed by atoms with Gasteiger partial charge in [-0.15, -0.1) is 0 Å². The number of nitrogens with zero attached hydrogens (tertiary/aromatic N) is 2. The van der Waals surface area contributed by atoms with E-state index < -0.39 is 5.97 Å². The van der Waals surface area contributed by atoms with E-state index in [-0.39, 0.29) is 17.0 Å². The minimum atomic E-state index is -0.573. The molecule has 0 amide bonds. The van der Waals surface area contributed by atoms with E-state index in [1.807, 2.05) is 0 Å². The molecule has 2 heterocycles. The van der Waals surface area contributed by atoms with Gasteiger partial charge in [-0.3, -0.25) is 9.36 Å². The summed E-state index contributed by atoms with van der Waals surface area (Å²) in [5.74, 6) is -0.667. The average Bonchev–Trinajstić information content (AvgIpc) is 2.38. The Kier molecular flexibility index (Phi) is 3.56. The van der Waals surface area contributed by atoms with Crippen LogP contribution in [0.15, 0.2) is 29.2 Å². The van der Waals surface area contributed by atoms with Crippen molar-refractivity contribution in [1.82, 2.24) is 9.55 Å². The van der Waals surface area contributed by atoms with Crippen molar-refractivity contribution < 1.29 is 14.6 Å². The first-order valence-corrected chi connectivity index (χ1v) is 5.92. The third-order valence-corrected chi connectivity index (χ3v) is 2.91. The number of hydrogen-bond acceptors (Lipinski definition) is 5. The summed E-state index contributed by atoms with van der Waals surface area (Å²) < 4.78 is 6.02. The summed E-state index contributed by atoms with van der Waals surface area (Å²) in [6, 6.07) is 4.08. The third kappa shape index (κ3) is 2.40. The number of aromatic nitrogens is 2. The number of carbonyl (C=O) groups excluding carboxylic acids is 1. The molecule has 0 radical (unpaired) electrons. The predicted molar refractivity (Wildman–Crippen MR) is 72.3 cm³/mol. The van der Waals surface area contributed by atoms with Gasteiger partial charge in [-0.05, 0) is 31.5 Å². The maximum Gasteiger partial charge on any atom is 0.356 e. The summed E-state index contributed by atoms with van der Waals surface area (Å²) in [5.41, 5.74) is 1.55. The molecule has 0 aliphatic rings. The summed E-state index contributed by atoms with van der Waals surface area (Å²) in [7, 11) is 1.27. The molecule has 20 heavy (non-hydrogen) atoms. The molecule has 6 heteroatoms. The summed E-state index contributed by atoms with van der Waals surface area (Å²) in [4.78, 5) is 27.5. The lowest BCUT2D eigenvalue weighted by Gasteiger charge is -2.13. The minimum Gasteiger partial charge on any atom is -0.508 e. The molecule has 6 nitrogen and oxygen atoms in total. The van der Waals surface area contributed by atoms with Crippen molar-refractivity contribution in [2.24, 2.45) is 0 Å². The fourth-order valence-electron chi connectivity index (χ4n) is 1.96. The van der Waals surface area contributed by atoms with E-state index >= 15 is 0 Å². The van der Waals surface area contributed by atoms with Gasteiger partial charge in [0.05, 0.1) is 12.8 Å². The second-order valence-electron chi connectivity index (χ2n) is 4.38. The van der Waals surface area contributed by atoms with Crippen molar-refractivity contribution in [3.8, 4) is 11.4 Å². The molecular weight excluding hydrogens is 260 g/mol. The fourth-order valence-corrected chi connectivity index (χ4v) is 1.96. The zero-order valence-corrected chi connectivity index (χ0v) is 11.4. The number of pyridine rings is 2. The molecule has 0 aliphatic carbocycles. The number of aryl methyl sites for hydroxylation is 2. The topological polar surface area (TPSA) is 81.4 Å². The summed E-state index contributed by atoms with van der Waals surface area (Å²) in [6.45, 7) is 3.47. The first kappa shape index (κ1) is 13.8.